The molecule has 2 heterocycles. The predicted octanol–water partition coefficient (Wildman–Crippen LogP) is 2.59. The van der Waals surface area contributed by atoms with E-state index in [1.54, 1.807) is 44.4 Å². The van der Waals surface area contributed by atoms with Gasteiger partial charge in [0.25, 0.3) is 0 Å². The molecule has 28 heavy (non-hydrogen) atoms. The van der Waals surface area contributed by atoms with Gasteiger partial charge >= 0.3 is 5.69 Å². The summed E-state index contributed by atoms with van der Waals surface area (Å²) in [5, 5.41) is 5.97. The average Bonchev–Trinajstić information content (AvgIpc) is 2.88. The Bertz CT molecular complexity index is 1130. The van der Waals surface area contributed by atoms with Gasteiger partial charge in [-0.25, -0.2) is 9.78 Å². The Morgan fingerprint density at radius 1 is 1.04 bits per heavy atom. The van der Waals surface area contributed by atoms with Gasteiger partial charge in [-0.05, 0) is 36.8 Å². The van der Waals surface area contributed by atoms with E-state index in [1.165, 1.54) is 9.13 Å². The summed E-state index contributed by atoms with van der Waals surface area (Å²) in [7, 11) is 3.27. The summed E-state index contributed by atoms with van der Waals surface area (Å²) in [6.07, 6.45) is 0.0166. The van der Waals surface area contributed by atoms with E-state index in [9.17, 15) is 14.4 Å². The van der Waals surface area contributed by atoms with Crippen LogP contribution in [0.2, 0.25) is 5.02 Å². The molecule has 0 saturated heterocycles. The Kier molecular flexibility index (Phi) is 5.51. The molecule has 0 aliphatic rings. The van der Waals surface area contributed by atoms with Gasteiger partial charge in [-0.1, -0.05) is 17.7 Å². The molecule has 0 aliphatic carbocycles. The van der Waals surface area contributed by atoms with Crippen molar-refractivity contribution in [2.24, 2.45) is 14.1 Å². The van der Waals surface area contributed by atoms with E-state index in [2.05, 4.69) is 15.6 Å². The highest BCUT2D eigenvalue weighted by atomic mass is 35.5. The molecule has 9 heteroatoms. The number of fused-ring (bicyclic) bond motifs is 1. The Morgan fingerprint density at radius 2 is 1.71 bits per heavy atom. The number of nitrogens with one attached hydrogen (secondary N) is 2. The van der Waals surface area contributed by atoms with Crippen LogP contribution in [0.25, 0.3) is 11.2 Å². The molecule has 146 valence electrons. The first-order valence-corrected chi connectivity index (χ1v) is 9.03. The molecule has 3 aromatic rings. The van der Waals surface area contributed by atoms with Crippen molar-refractivity contribution >= 4 is 46.1 Å². The van der Waals surface area contributed by atoms with Crippen molar-refractivity contribution in [3.8, 4) is 0 Å². The summed E-state index contributed by atoms with van der Waals surface area (Å²) < 4.78 is 2.89. The second-order valence-corrected chi connectivity index (χ2v) is 6.86. The van der Waals surface area contributed by atoms with Crippen molar-refractivity contribution < 1.29 is 9.59 Å². The van der Waals surface area contributed by atoms with Crippen molar-refractivity contribution in [3.63, 3.8) is 0 Å². The van der Waals surface area contributed by atoms with Crippen LogP contribution in [-0.2, 0) is 23.7 Å². The van der Waals surface area contributed by atoms with E-state index in [0.717, 1.165) is 5.56 Å². The molecule has 0 atom stereocenters. The lowest BCUT2D eigenvalue weighted by Gasteiger charge is -2.09. The fourth-order valence-corrected chi connectivity index (χ4v) is 3.00. The zero-order valence-corrected chi connectivity index (χ0v) is 16.5. The SMILES string of the molecule is Cc1c(Cl)cccc1NC(=O)CCC(=O)Nc1ccc2c(n1)n(C)c(=O)n2C. The van der Waals surface area contributed by atoms with Crippen molar-refractivity contribution in [2.45, 2.75) is 19.8 Å². The van der Waals surface area contributed by atoms with Crippen LogP contribution in [0.1, 0.15) is 18.4 Å². The number of pyridine rings is 1. The number of aromatic nitrogens is 3. The zero-order valence-electron chi connectivity index (χ0n) is 15.7. The second kappa shape index (κ2) is 7.85. The number of carbonyl (C=O) groups excluding carboxylic acids is 2. The maximum Gasteiger partial charge on any atom is 0.329 e. The maximum absolute atomic E-state index is 12.2. The number of carbonyl (C=O) groups is 2. The largest absolute Gasteiger partial charge is 0.329 e. The smallest absolute Gasteiger partial charge is 0.326 e. The standard InChI is InChI=1S/C19H20ClN5O3/c1-11-12(20)5-4-6-13(11)21-16(26)9-10-17(27)22-15-8-7-14-18(23-15)25(3)19(28)24(14)2/h4-8H,9-10H2,1-3H3,(H,21,26)(H,22,23,27). The minimum atomic E-state index is -0.342. The number of amides is 2. The first-order chi connectivity index (χ1) is 13.3. The van der Waals surface area contributed by atoms with E-state index >= 15 is 0 Å². The summed E-state index contributed by atoms with van der Waals surface area (Å²) in [6.45, 7) is 1.81. The molecule has 2 N–H and O–H groups in total. The summed E-state index contributed by atoms with van der Waals surface area (Å²) >= 11 is 6.03. The lowest BCUT2D eigenvalue weighted by atomic mass is 10.2. The van der Waals surface area contributed by atoms with Gasteiger partial charge in [-0.15, -0.1) is 0 Å². The Labute approximate surface area is 166 Å². The molecule has 0 unspecified atom stereocenters. The van der Waals surface area contributed by atoms with Crippen LogP contribution in [0.3, 0.4) is 0 Å². The van der Waals surface area contributed by atoms with Crippen LogP contribution >= 0.6 is 11.6 Å². The van der Waals surface area contributed by atoms with Crippen molar-refractivity contribution in [2.75, 3.05) is 10.6 Å². The monoisotopic (exact) mass is 401 g/mol. The van der Waals surface area contributed by atoms with Crippen LogP contribution in [0.15, 0.2) is 35.1 Å². The van der Waals surface area contributed by atoms with Crippen LogP contribution in [0.4, 0.5) is 11.5 Å². The number of benzene rings is 1. The number of hydrogen-bond donors (Lipinski definition) is 2. The highest BCUT2D eigenvalue weighted by molar-refractivity contribution is 6.31. The average molecular weight is 402 g/mol. The fourth-order valence-electron chi connectivity index (χ4n) is 2.83. The van der Waals surface area contributed by atoms with Gasteiger partial charge in [0.1, 0.15) is 5.82 Å². The molecule has 1 aromatic carbocycles. The first kappa shape index (κ1) is 19.6. The number of imidazole rings is 1. The lowest BCUT2D eigenvalue weighted by Crippen LogP contribution is -2.19. The third kappa shape index (κ3) is 3.91. The highest BCUT2D eigenvalue weighted by Crippen LogP contribution is 2.23. The van der Waals surface area contributed by atoms with Crippen molar-refractivity contribution in [1.82, 2.24) is 14.1 Å². The van der Waals surface area contributed by atoms with Crippen LogP contribution in [0.5, 0.6) is 0 Å². The molecule has 0 spiro atoms. The van der Waals surface area contributed by atoms with Crippen LogP contribution in [-0.4, -0.2) is 25.9 Å². The van der Waals surface area contributed by atoms with Gasteiger partial charge in [0.2, 0.25) is 11.8 Å². The lowest BCUT2D eigenvalue weighted by molar-refractivity contribution is -0.121. The molecule has 0 bridgehead atoms. The van der Waals surface area contributed by atoms with Crippen LogP contribution < -0.4 is 16.3 Å². The Balaban J connectivity index is 1.60. The fraction of sp³-hybridized carbons (Fsp3) is 0.263. The van der Waals surface area contributed by atoms with Gasteiger partial charge in [0, 0.05) is 37.6 Å². The molecule has 0 fully saturated rings. The van der Waals surface area contributed by atoms with E-state index in [1.807, 2.05) is 6.92 Å². The summed E-state index contributed by atoms with van der Waals surface area (Å²) in [5.41, 5.74) is 2.34. The van der Waals surface area contributed by atoms with Gasteiger partial charge in [0.05, 0.1) is 5.52 Å². The molecule has 2 aromatic heterocycles. The van der Waals surface area contributed by atoms with E-state index in [-0.39, 0.29) is 30.3 Å². The predicted molar refractivity (Wildman–Crippen MR) is 109 cm³/mol. The van der Waals surface area contributed by atoms with E-state index in [0.29, 0.717) is 27.7 Å². The quantitative estimate of drug-likeness (QED) is 0.686. The normalized spacial score (nSPS) is 10.9. The molecule has 3 rings (SSSR count). The summed E-state index contributed by atoms with van der Waals surface area (Å²) in [5.74, 6) is -0.301. The van der Waals surface area contributed by atoms with Crippen LogP contribution in [0, 0.1) is 6.92 Å². The van der Waals surface area contributed by atoms with E-state index < -0.39 is 0 Å². The Hall–Kier alpha value is -3.13. The van der Waals surface area contributed by atoms with Gasteiger partial charge in [-0.3, -0.25) is 18.7 Å². The second-order valence-electron chi connectivity index (χ2n) is 6.45. The molecular formula is C19H20ClN5O3. The van der Waals surface area contributed by atoms with Gasteiger partial charge in [-0.2, -0.15) is 0 Å². The van der Waals surface area contributed by atoms with Gasteiger partial charge < -0.3 is 10.6 Å². The number of anilines is 2. The van der Waals surface area contributed by atoms with Crippen molar-refractivity contribution in [1.29, 1.82) is 0 Å². The third-order valence-corrected chi connectivity index (χ3v) is 4.91. The third-order valence-electron chi connectivity index (χ3n) is 4.50. The van der Waals surface area contributed by atoms with Crippen molar-refractivity contribution in [3.05, 3.63) is 51.4 Å². The maximum atomic E-state index is 12.2. The molecule has 0 saturated carbocycles. The van der Waals surface area contributed by atoms with Gasteiger partial charge in [0.15, 0.2) is 5.65 Å². The molecule has 0 radical (unpaired) electrons. The Morgan fingerprint density at radius 3 is 2.43 bits per heavy atom. The topological polar surface area (TPSA) is 98.0 Å². The number of aryl methyl sites for hydroxylation is 2. The molecular weight excluding hydrogens is 382 g/mol. The first-order valence-electron chi connectivity index (χ1n) is 8.65. The highest BCUT2D eigenvalue weighted by Gasteiger charge is 2.13. The molecule has 8 nitrogen and oxygen atoms in total. The summed E-state index contributed by atoms with van der Waals surface area (Å²) in [6, 6.07) is 8.58. The van der Waals surface area contributed by atoms with E-state index in [4.69, 9.17) is 11.6 Å². The zero-order chi connectivity index (χ0) is 20.4. The number of halogens is 1. The molecule has 0 aliphatic heterocycles. The minimum absolute atomic E-state index is 0.00111. The number of rotatable bonds is 5. The minimum Gasteiger partial charge on any atom is -0.326 e. The molecule has 2 amide bonds. The summed E-state index contributed by atoms with van der Waals surface area (Å²) in [4.78, 5) is 40.5. The number of hydrogen-bond acceptors (Lipinski definition) is 4. The number of nitrogens with zero attached hydrogens (tertiary/aromatic N) is 3.